The fourth-order valence-electron chi connectivity index (χ4n) is 2.85. The minimum atomic E-state index is -0.740. The number of halogens is 2. The molecule has 0 bridgehead atoms. The van der Waals surface area contributed by atoms with Crippen LogP contribution < -0.4 is 0 Å². The Hall–Kier alpha value is -1.49. The number of aliphatic carboxylic acids is 1. The molecule has 122 valence electrons. The molecule has 6 heteroatoms. The van der Waals surface area contributed by atoms with Gasteiger partial charge in [0.25, 0.3) is 0 Å². The summed E-state index contributed by atoms with van der Waals surface area (Å²) in [5.74, 6) is 0.787. The Bertz CT molecular complexity index is 743. The van der Waals surface area contributed by atoms with Gasteiger partial charge in [0.1, 0.15) is 11.5 Å². The number of carboxylic acids is 1. The Morgan fingerprint density at radius 3 is 2.74 bits per heavy atom. The number of likely N-dealkylation sites (tertiary alicyclic amines) is 1. The molecule has 1 N–H and O–H groups in total. The Morgan fingerprint density at radius 2 is 2.09 bits per heavy atom. The van der Waals surface area contributed by atoms with Crippen molar-refractivity contribution in [1.82, 2.24) is 4.90 Å². The fourth-order valence-corrected chi connectivity index (χ4v) is 3.15. The summed E-state index contributed by atoms with van der Waals surface area (Å²) in [5.41, 5.74) is 0.196. The lowest BCUT2D eigenvalue weighted by atomic mass is 9.90. The molecule has 2 aromatic rings. The van der Waals surface area contributed by atoms with Crippen molar-refractivity contribution in [3.05, 3.63) is 46.1 Å². The SMILES string of the molecule is CC1(C(=O)O)CCN(Cc2ccc(-c3ccc(Cl)c(Cl)c3)o2)C1. The van der Waals surface area contributed by atoms with Gasteiger partial charge in [-0.05, 0) is 50.2 Å². The van der Waals surface area contributed by atoms with Crippen LogP contribution in [0, 0.1) is 5.41 Å². The first kappa shape index (κ1) is 16.4. The van der Waals surface area contributed by atoms with E-state index in [0.29, 0.717) is 29.6 Å². The minimum Gasteiger partial charge on any atom is -0.481 e. The summed E-state index contributed by atoms with van der Waals surface area (Å²) in [7, 11) is 0. The zero-order chi connectivity index (χ0) is 16.6. The van der Waals surface area contributed by atoms with E-state index in [4.69, 9.17) is 27.6 Å². The number of furan rings is 1. The summed E-state index contributed by atoms with van der Waals surface area (Å²) in [6.07, 6.45) is 0.655. The van der Waals surface area contributed by atoms with Gasteiger partial charge in [0.15, 0.2) is 0 Å². The number of nitrogens with zero attached hydrogens (tertiary/aromatic N) is 1. The molecule has 0 amide bonds. The quantitative estimate of drug-likeness (QED) is 0.875. The topological polar surface area (TPSA) is 53.7 Å². The van der Waals surface area contributed by atoms with Crippen LogP contribution in [-0.4, -0.2) is 29.1 Å². The highest BCUT2D eigenvalue weighted by atomic mass is 35.5. The van der Waals surface area contributed by atoms with Crippen molar-refractivity contribution < 1.29 is 14.3 Å². The van der Waals surface area contributed by atoms with Crippen LogP contribution in [0.2, 0.25) is 10.0 Å². The maximum Gasteiger partial charge on any atom is 0.310 e. The summed E-state index contributed by atoms with van der Waals surface area (Å²) < 4.78 is 5.86. The number of hydrogen-bond donors (Lipinski definition) is 1. The molecule has 0 aliphatic carbocycles. The molecule has 1 fully saturated rings. The summed E-state index contributed by atoms with van der Waals surface area (Å²) in [6, 6.07) is 9.16. The van der Waals surface area contributed by atoms with Gasteiger partial charge in [-0.2, -0.15) is 0 Å². The van der Waals surface area contributed by atoms with Crippen molar-refractivity contribution in [3.63, 3.8) is 0 Å². The molecule has 1 aromatic carbocycles. The molecule has 1 unspecified atom stereocenters. The van der Waals surface area contributed by atoms with Gasteiger partial charge in [-0.15, -0.1) is 0 Å². The van der Waals surface area contributed by atoms with Crippen LogP contribution in [0.5, 0.6) is 0 Å². The highest BCUT2D eigenvalue weighted by molar-refractivity contribution is 6.42. The zero-order valence-corrected chi connectivity index (χ0v) is 14.2. The molecule has 3 rings (SSSR count). The Balaban J connectivity index is 1.71. The first-order valence-corrected chi connectivity index (χ1v) is 8.13. The average molecular weight is 354 g/mol. The predicted molar refractivity (Wildman–Crippen MR) is 89.8 cm³/mol. The summed E-state index contributed by atoms with van der Waals surface area (Å²) >= 11 is 12.0. The lowest BCUT2D eigenvalue weighted by molar-refractivity contribution is -0.147. The third-order valence-electron chi connectivity index (χ3n) is 4.31. The van der Waals surface area contributed by atoms with Crippen LogP contribution in [0.3, 0.4) is 0 Å². The standard InChI is InChI=1S/C17H17Cl2NO3/c1-17(16(21)22)6-7-20(10-17)9-12-3-5-15(23-12)11-2-4-13(18)14(19)8-11/h2-5,8H,6-7,9-10H2,1H3,(H,21,22). The van der Waals surface area contributed by atoms with E-state index in [1.807, 2.05) is 18.2 Å². The van der Waals surface area contributed by atoms with E-state index in [-0.39, 0.29) is 0 Å². The van der Waals surface area contributed by atoms with Gasteiger partial charge < -0.3 is 9.52 Å². The van der Waals surface area contributed by atoms with E-state index in [1.54, 1.807) is 19.1 Å². The van der Waals surface area contributed by atoms with Crippen molar-refractivity contribution in [3.8, 4) is 11.3 Å². The van der Waals surface area contributed by atoms with E-state index >= 15 is 0 Å². The second kappa shape index (κ2) is 6.19. The van der Waals surface area contributed by atoms with Crippen LogP contribution in [0.1, 0.15) is 19.1 Å². The smallest absolute Gasteiger partial charge is 0.310 e. The molecule has 1 aliphatic rings. The number of carbonyl (C=O) groups is 1. The number of carboxylic acid groups (broad SMARTS) is 1. The van der Waals surface area contributed by atoms with E-state index in [2.05, 4.69) is 4.90 Å². The molecule has 23 heavy (non-hydrogen) atoms. The molecular formula is C17H17Cl2NO3. The normalized spacial score (nSPS) is 21.7. The molecule has 0 radical (unpaired) electrons. The van der Waals surface area contributed by atoms with Gasteiger partial charge >= 0.3 is 5.97 Å². The monoisotopic (exact) mass is 353 g/mol. The van der Waals surface area contributed by atoms with E-state index < -0.39 is 11.4 Å². The number of rotatable bonds is 4. The lowest BCUT2D eigenvalue weighted by Crippen LogP contribution is -2.31. The Labute approximate surface area is 144 Å². The second-order valence-corrected chi connectivity index (χ2v) is 7.04. The van der Waals surface area contributed by atoms with Gasteiger partial charge in [-0.25, -0.2) is 0 Å². The summed E-state index contributed by atoms with van der Waals surface area (Å²) in [4.78, 5) is 13.4. The molecule has 1 aliphatic heterocycles. The van der Waals surface area contributed by atoms with E-state index in [9.17, 15) is 9.90 Å². The largest absolute Gasteiger partial charge is 0.481 e. The first-order valence-electron chi connectivity index (χ1n) is 7.37. The minimum absolute atomic E-state index is 0.485. The third kappa shape index (κ3) is 3.39. The highest BCUT2D eigenvalue weighted by Crippen LogP contribution is 2.33. The second-order valence-electron chi connectivity index (χ2n) is 6.22. The summed E-state index contributed by atoms with van der Waals surface area (Å²) in [6.45, 7) is 3.68. The first-order chi connectivity index (χ1) is 10.9. The molecule has 1 saturated heterocycles. The highest BCUT2D eigenvalue weighted by Gasteiger charge is 2.40. The predicted octanol–water partition coefficient (Wildman–Crippen LogP) is 4.55. The van der Waals surface area contributed by atoms with E-state index in [1.165, 1.54) is 0 Å². The van der Waals surface area contributed by atoms with Crippen LogP contribution in [0.4, 0.5) is 0 Å². The maximum absolute atomic E-state index is 11.3. The maximum atomic E-state index is 11.3. The van der Waals surface area contributed by atoms with Crippen molar-refractivity contribution in [2.24, 2.45) is 5.41 Å². The summed E-state index contributed by atoms with van der Waals surface area (Å²) in [5, 5.41) is 10.3. The van der Waals surface area contributed by atoms with Gasteiger partial charge in [-0.1, -0.05) is 23.2 Å². The molecular weight excluding hydrogens is 337 g/mol. The van der Waals surface area contributed by atoms with Crippen molar-refractivity contribution in [2.75, 3.05) is 13.1 Å². The van der Waals surface area contributed by atoms with Crippen LogP contribution in [0.15, 0.2) is 34.7 Å². The zero-order valence-electron chi connectivity index (χ0n) is 12.7. The van der Waals surface area contributed by atoms with Gasteiger partial charge in [0.05, 0.1) is 22.0 Å². The Morgan fingerprint density at radius 1 is 1.30 bits per heavy atom. The number of hydrogen-bond acceptors (Lipinski definition) is 3. The fraction of sp³-hybridized carbons (Fsp3) is 0.353. The number of benzene rings is 1. The van der Waals surface area contributed by atoms with Gasteiger partial charge in [-0.3, -0.25) is 9.69 Å². The molecule has 2 heterocycles. The van der Waals surface area contributed by atoms with Gasteiger partial charge in [0, 0.05) is 12.1 Å². The molecule has 1 aromatic heterocycles. The average Bonchev–Trinajstić information content (AvgIpc) is 3.10. The molecule has 0 saturated carbocycles. The molecule has 4 nitrogen and oxygen atoms in total. The van der Waals surface area contributed by atoms with Crippen LogP contribution in [0.25, 0.3) is 11.3 Å². The van der Waals surface area contributed by atoms with Crippen molar-refractivity contribution in [1.29, 1.82) is 0 Å². The van der Waals surface area contributed by atoms with E-state index in [0.717, 1.165) is 23.6 Å². The van der Waals surface area contributed by atoms with Crippen LogP contribution >= 0.6 is 23.2 Å². The lowest BCUT2D eigenvalue weighted by Gasteiger charge is -2.19. The third-order valence-corrected chi connectivity index (χ3v) is 5.05. The Kier molecular flexibility index (Phi) is 4.41. The van der Waals surface area contributed by atoms with Crippen molar-refractivity contribution >= 4 is 29.2 Å². The van der Waals surface area contributed by atoms with Crippen molar-refractivity contribution in [2.45, 2.75) is 19.9 Å². The molecule has 1 atom stereocenters. The van der Waals surface area contributed by atoms with Gasteiger partial charge in [0.2, 0.25) is 0 Å². The van der Waals surface area contributed by atoms with Crippen LogP contribution in [-0.2, 0) is 11.3 Å². The molecule has 0 spiro atoms.